The van der Waals surface area contributed by atoms with Crippen LogP contribution in [-0.4, -0.2) is 62.1 Å². The molecule has 0 unspecified atom stereocenters. The van der Waals surface area contributed by atoms with Crippen LogP contribution < -0.4 is 4.74 Å². The minimum atomic E-state index is 0.592. The molecule has 2 fully saturated rings. The third-order valence-electron chi connectivity index (χ3n) is 4.14. The summed E-state index contributed by atoms with van der Waals surface area (Å²) in [5.74, 6) is 0.725. The van der Waals surface area contributed by atoms with E-state index in [0.29, 0.717) is 11.2 Å². The van der Waals surface area contributed by atoms with Crippen molar-refractivity contribution >= 4 is 17.2 Å². The smallest absolute Gasteiger partial charge is 0.390 e. The minimum Gasteiger partial charge on any atom is -0.390 e. The maximum absolute atomic E-state index is 6.26. The molecule has 110 valence electrons. The van der Waals surface area contributed by atoms with Crippen LogP contribution in [0.25, 0.3) is 11.2 Å². The molecule has 2 aromatic heterocycles. The number of nitrogens with one attached hydrogen (secondary N) is 1. The molecule has 4 heterocycles. The predicted molar refractivity (Wildman–Crippen MR) is 77.4 cm³/mol. The van der Waals surface area contributed by atoms with Crippen LogP contribution in [0, 0.1) is 0 Å². The molecule has 2 aliphatic heterocycles. The van der Waals surface area contributed by atoms with E-state index < -0.39 is 0 Å². The Morgan fingerprint density at radius 2 is 1.95 bits per heavy atom. The third-order valence-corrected chi connectivity index (χ3v) is 4.14. The Morgan fingerprint density at radius 1 is 1.14 bits per heavy atom. The predicted octanol–water partition coefficient (Wildman–Crippen LogP) is 0.990. The number of pyridine rings is 1. The van der Waals surface area contributed by atoms with E-state index in [4.69, 9.17) is 4.74 Å². The lowest BCUT2D eigenvalue weighted by Crippen LogP contribution is -2.39. The highest BCUT2D eigenvalue weighted by molar-refractivity contribution is 5.81. The van der Waals surface area contributed by atoms with Gasteiger partial charge in [-0.1, -0.05) is 0 Å². The molecule has 0 aromatic carbocycles. The van der Waals surface area contributed by atoms with E-state index >= 15 is 0 Å². The first-order chi connectivity index (χ1) is 10.4. The van der Waals surface area contributed by atoms with Crippen LogP contribution in [0.5, 0.6) is 5.75 Å². The zero-order chi connectivity index (χ0) is 14.1. The monoisotopic (exact) mass is 287 g/mol. The number of ether oxygens (including phenoxy) is 1. The van der Waals surface area contributed by atoms with Crippen molar-refractivity contribution in [1.29, 1.82) is 0 Å². The third kappa shape index (κ3) is 2.32. The van der Waals surface area contributed by atoms with E-state index in [1.807, 2.05) is 6.07 Å². The number of hydrogen-bond acceptors (Lipinski definition) is 4. The molecular weight excluding hydrogens is 268 g/mol. The number of nitrogens with zero attached hydrogens (tertiary/aromatic N) is 5. The molecule has 0 radical (unpaired) electrons. The van der Waals surface area contributed by atoms with Crippen LogP contribution in [0.15, 0.2) is 12.3 Å². The van der Waals surface area contributed by atoms with Crippen molar-refractivity contribution in [1.82, 2.24) is 25.3 Å². The van der Waals surface area contributed by atoms with Gasteiger partial charge in [-0.3, -0.25) is 0 Å². The summed E-state index contributed by atoms with van der Waals surface area (Å²) in [5, 5.41) is 10.8. The number of aromatic amines is 1. The van der Waals surface area contributed by atoms with E-state index in [0.717, 1.165) is 38.0 Å². The zero-order valence-electron chi connectivity index (χ0n) is 12.0. The van der Waals surface area contributed by atoms with E-state index in [1.54, 1.807) is 6.20 Å². The molecule has 0 amide bonds. The van der Waals surface area contributed by atoms with Gasteiger partial charge in [0.2, 0.25) is 5.65 Å². The van der Waals surface area contributed by atoms with Gasteiger partial charge in [0.1, 0.15) is 0 Å². The molecule has 21 heavy (non-hydrogen) atoms. The number of H-pyrrole nitrogens is 1. The van der Waals surface area contributed by atoms with Crippen LogP contribution in [0.1, 0.15) is 25.7 Å². The second-order valence-electron chi connectivity index (χ2n) is 5.58. The SMILES string of the molecule is c1cc(OC(N2CCCC2)=[N+]2CCCC2)c2n[nH]nc2n1. The maximum Gasteiger partial charge on any atom is 0.451 e. The quantitative estimate of drug-likeness (QED) is 0.625. The maximum atomic E-state index is 6.26. The summed E-state index contributed by atoms with van der Waals surface area (Å²) in [5.41, 5.74) is 1.28. The van der Waals surface area contributed by atoms with Crippen molar-refractivity contribution in [3.05, 3.63) is 12.3 Å². The van der Waals surface area contributed by atoms with Crippen molar-refractivity contribution in [2.45, 2.75) is 25.7 Å². The molecule has 0 spiro atoms. The van der Waals surface area contributed by atoms with Crippen LogP contribution in [0.3, 0.4) is 0 Å². The summed E-state index contributed by atoms with van der Waals surface area (Å²) in [6.45, 7) is 4.27. The highest BCUT2D eigenvalue weighted by atomic mass is 16.5. The average molecular weight is 287 g/mol. The van der Waals surface area contributed by atoms with Gasteiger partial charge in [-0.05, 0) is 25.7 Å². The summed E-state index contributed by atoms with van der Waals surface area (Å²) in [7, 11) is 0. The van der Waals surface area contributed by atoms with E-state index in [1.165, 1.54) is 25.7 Å². The molecule has 2 aliphatic rings. The van der Waals surface area contributed by atoms with Crippen molar-refractivity contribution < 1.29 is 9.31 Å². The Labute approximate surface area is 122 Å². The number of likely N-dealkylation sites (tertiary alicyclic amines) is 1. The largest absolute Gasteiger partial charge is 0.451 e. The molecule has 2 saturated heterocycles. The molecule has 2 aromatic rings. The molecular formula is C14H19N6O+. The molecule has 0 aliphatic carbocycles. The minimum absolute atomic E-state index is 0.592. The van der Waals surface area contributed by atoms with Crippen molar-refractivity contribution in [3.8, 4) is 5.75 Å². The lowest BCUT2D eigenvalue weighted by atomic mass is 10.4. The van der Waals surface area contributed by atoms with Crippen molar-refractivity contribution in [2.24, 2.45) is 0 Å². The number of amidine groups is 1. The zero-order valence-corrected chi connectivity index (χ0v) is 12.0. The summed E-state index contributed by atoms with van der Waals surface area (Å²) >= 11 is 0. The van der Waals surface area contributed by atoms with Crippen LogP contribution in [0.2, 0.25) is 0 Å². The Morgan fingerprint density at radius 3 is 2.76 bits per heavy atom. The Hall–Kier alpha value is -2.18. The fourth-order valence-corrected chi connectivity index (χ4v) is 3.06. The first-order valence-corrected chi connectivity index (χ1v) is 7.62. The van der Waals surface area contributed by atoms with Crippen LogP contribution in [-0.2, 0) is 0 Å². The highest BCUT2D eigenvalue weighted by Gasteiger charge is 2.31. The van der Waals surface area contributed by atoms with Crippen LogP contribution in [0.4, 0.5) is 0 Å². The van der Waals surface area contributed by atoms with Crippen molar-refractivity contribution in [2.75, 3.05) is 26.2 Å². The van der Waals surface area contributed by atoms with E-state index in [2.05, 4.69) is 29.9 Å². The Kier molecular flexibility index (Phi) is 3.17. The Balaban J connectivity index is 1.71. The topological polar surface area (TPSA) is 69.9 Å². The van der Waals surface area contributed by atoms with Crippen molar-refractivity contribution in [3.63, 3.8) is 0 Å². The summed E-state index contributed by atoms with van der Waals surface area (Å²) in [6, 6.07) is 2.83. The lowest BCUT2D eigenvalue weighted by molar-refractivity contribution is -0.518. The molecule has 0 saturated carbocycles. The highest BCUT2D eigenvalue weighted by Crippen LogP contribution is 2.22. The molecule has 0 atom stereocenters. The lowest BCUT2D eigenvalue weighted by Gasteiger charge is -2.15. The molecule has 4 rings (SSSR count). The standard InChI is InChI=1S/C14H19N6O/c1-2-8-19(7-1)14(20-9-3-4-10-20)21-11-5-6-15-13-12(11)16-18-17-13/h5-6H,1-4,7-10H2,(H,15,16,17,18)/q+1. The molecule has 1 N–H and O–H groups in total. The van der Waals surface area contributed by atoms with Gasteiger partial charge in [0.05, 0.1) is 26.2 Å². The summed E-state index contributed by atoms with van der Waals surface area (Å²) in [6.07, 6.45) is 6.64. The second kappa shape index (κ2) is 5.31. The average Bonchev–Trinajstić information content (AvgIpc) is 3.24. The first kappa shape index (κ1) is 12.6. The molecule has 7 nitrogen and oxygen atoms in total. The van der Waals surface area contributed by atoms with Gasteiger partial charge in [-0.25, -0.2) is 14.5 Å². The van der Waals surface area contributed by atoms with Crippen LogP contribution >= 0.6 is 0 Å². The van der Waals surface area contributed by atoms with E-state index in [9.17, 15) is 0 Å². The van der Waals surface area contributed by atoms with Gasteiger partial charge < -0.3 is 4.74 Å². The van der Waals surface area contributed by atoms with Gasteiger partial charge in [0.15, 0.2) is 11.3 Å². The van der Waals surface area contributed by atoms with Gasteiger partial charge in [0.25, 0.3) is 0 Å². The molecule has 7 heteroatoms. The van der Waals surface area contributed by atoms with Gasteiger partial charge >= 0.3 is 6.02 Å². The van der Waals surface area contributed by atoms with E-state index in [-0.39, 0.29) is 0 Å². The first-order valence-electron chi connectivity index (χ1n) is 7.62. The van der Waals surface area contributed by atoms with Gasteiger partial charge in [-0.15, -0.1) is 5.10 Å². The number of aromatic nitrogens is 4. The number of fused-ring (bicyclic) bond motifs is 1. The van der Waals surface area contributed by atoms with Gasteiger partial charge in [-0.2, -0.15) is 10.3 Å². The summed E-state index contributed by atoms with van der Waals surface area (Å²) < 4.78 is 8.60. The second-order valence-corrected chi connectivity index (χ2v) is 5.58. The fourth-order valence-electron chi connectivity index (χ4n) is 3.06. The number of rotatable bonds is 1. The van der Waals surface area contributed by atoms with Gasteiger partial charge in [0, 0.05) is 12.3 Å². The number of hydrogen-bond donors (Lipinski definition) is 1. The fraction of sp³-hybridized carbons (Fsp3) is 0.571. The summed E-state index contributed by atoms with van der Waals surface area (Å²) in [4.78, 5) is 6.53. The normalized spacial score (nSPS) is 18.7. The molecule has 0 bridgehead atoms. The Bertz CT molecular complexity index is 665.